The fourth-order valence-corrected chi connectivity index (χ4v) is 2.29. The van der Waals surface area contributed by atoms with Crippen LogP contribution in [-0.2, 0) is 11.3 Å². The molecule has 6 heteroatoms. The Bertz CT molecular complexity index is 596. The van der Waals surface area contributed by atoms with Crippen LogP contribution in [0.1, 0.15) is 5.56 Å². The SMILES string of the molecule is Cc1ccc(N(c2c(F)cccc2F)S(=O)O)cc1. The second-order valence-corrected chi connectivity index (χ2v) is 4.76. The van der Waals surface area contributed by atoms with Crippen LogP contribution in [0.4, 0.5) is 20.2 Å². The third-order valence-corrected chi connectivity index (χ3v) is 3.27. The van der Waals surface area contributed by atoms with E-state index in [-0.39, 0.29) is 5.69 Å². The molecule has 1 N–H and O–H groups in total. The van der Waals surface area contributed by atoms with E-state index in [1.807, 2.05) is 6.92 Å². The van der Waals surface area contributed by atoms with Crippen molar-refractivity contribution in [2.45, 2.75) is 6.92 Å². The molecular weight excluding hydrogens is 272 g/mol. The van der Waals surface area contributed by atoms with E-state index in [4.69, 9.17) is 0 Å². The molecule has 0 heterocycles. The van der Waals surface area contributed by atoms with Crippen LogP contribution >= 0.6 is 0 Å². The lowest BCUT2D eigenvalue weighted by atomic mass is 10.2. The van der Waals surface area contributed by atoms with Crippen molar-refractivity contribution in [1.29, 1.82) is 0 Å². The molecule has 0 saturated heterocycles. The van der Waals surface area contributed by atoms with Crippen molar-refractivity contribution >= 4 is 22.6 Å². The van der Waals surface area contributed by atoms with Gasteiger partial charge in [-0.2, -0.15) is 0 Å². The molecule has 0 aliphatic heterocycles. The summed E-state index contributed by atoms with van der Waals surface area (Å²) in [6.07, 6.45) is 0. The van der Waals surface area contributed by atoms with Crippen LogP contribution in [0.2, 0.25) is 0 Å². The third kappa shape index (κ3) is 2.80. The molecule has 2 aromatic carbocycles. The van der Waals surface area contributed by atoms with E-state index >= 15 is 0 Å². The highest BCUT2D eigenvalue weighted by atomic mass is 32.2. The van der Waals surface area contributed by atoms with Gasteiger partial charge in [0.2, 0.25) is 0 Å². The Morgan fingerprint density at radius 3 is 2.05 bits per heavy atom. The predicted octanol–water partition coefficient (Wildman–Crippen LogP) is 3.55. The summed E-state index contributed by atoms with van der Waals surface area (Å²) in [5, 5.41) is 0. The summed E-state index contributed by atoms with van der Waals surface area (Å²) in [7, 11) is 0. The van der Waals surface area contributed by atoms with Gasteiger partial charge in [-0.05, 0) is 31.2 Å². The highest BCUT2D eigenvalue weighted by Gasteiger charge is 2.22. The van der Waals surface area contributed by atoms with Crippen molar-refractivity contribution < 1.29 is 17.5 Å². The third-order valence-electron chi connectivity index (χ3n) is 2.57. The van der Waals surface area contributed by atoms with Crippen molar-refractivity contribution in [3.05, 3.63) is 59.7 Å². The second kappa shape index (κ2) is 5.46. The number of benzene rings is 2. The van der Waals surface area contributed by atoms with Gasteiger partial charge in [0.1, 0.15) is 5.69 Å². The molecule has 100 valence electrons. The standard InChI is InChI=1S/C13H11F2NO2S/c1-9-5-7-10(8-6-9)16(19(17)18)13-11(14)3-2-4-12(13)15/h2-8H,1H3,(H,17,18). The number of hydrogen-bond acceptors (Lipinski definition) is 1. The number of aryl methyl sites for hydroxylation is 1. The minimum Gasteiger partial charge on any atom is -0.289 e. The van der Waals surface area contributed by atoms with E-state index in [2.05, 4.69) is 0 Å². The molecule has 2 aromatic rings. The van der Waals surface area contributed by atoms with Crippen LogP contribution in [0.5, 0.6) is 0 Å². The Labute approximate surface area is 111 Å². The summed E-state index contributed by atoms with van der Waals surface area (Å²) in [6.45, 7) is 1.84. The molecule has 0 aliphatic carbocycles. The maximum absolute atomic E-state index is 13.7. The van der Waals surface area contributed by atoms with Gasteiger partial charge in [0, 0.05) is 0 Å². The second-order valence-electron chi connectivity index (χ2n) is 3.93. The van der Waals surface area contributed by atoms with Gasteiger partial charge in [-0.25, -0.2) is 17.3 Å². The molecular formula is C13H11F2NO2S. The van der Waals surface area contributed by atoms with Gasteiger partial charge < -0.3 is 0 Å². The zero-order chi connectivity index (χ0) is 14.0. The van der Waals surface area contributed by atoms with Crippen molar-refractivity contribution in [1.82, 2.24) is 0 Å². The van der Waals surface area contributed by atoms with Crippen LogP contribution in [0, 0.1) is 18.6 Å². The van der Waals surface area contributed by atoms with Crippen LogP contribution in [0.3, 0.4) is 0 Å². The summed E-state index contributed by atoms with van der Waals surface area (Å²) in [5.41, 5.74) is 0.615. The first-order chi connectivity index (χ1) is 9.00. The van der Waals surface area contributed by atoms with E-state index < -0.39 is 28.6 Å². The highest BCUT2D eigenvalue weighted by Crippen LogP contribution is 2.31. The normalized spacial score (nSPS) is 12.2. The molecule has 0 bridgehead atoms. The van der Waals surface area contributed by atoms with E-state index in [1.54, 1.807) is 12.1 Å². The molecule has 0 amide bonds. The molecule has 19 heavy (non-hydrogen) atoms. The summed E-state index contributed by atoms with van der Waals surface area (Å²) in [6, 6.07) is 9.69. The molecule has 0 aromatic heterocycles. The lowest BCUT2D eigenvalue weighted by Gasteiger charge is -2.21. The molecule has 1 unspecified atom stereocenters. The smallest absolute Gasteiger partial charge is 0.266 e. The maximum atomic E-state index is 13.7. The van der Waals surface area contributed by atoms with Crippen molar-refractivity contribution in [2.24, 2.45) is 0 Å². The zero-order valence-corrected chi connectivity index (χ0v) is 10.8. The lowest BCUT2D eigenvalue weighted by molar-refractivity contribution is 0.555. The molecule has 0 radical (unpaired) electrons. The van der Waals surface area contributed by atoms with Crippen molar-refractivity contribution in [3.63, 3.8) is 0 Å². The number of para-hydroxylation sites is 1. The van der Waals surface area contributed by atoms with Gasteiger partial charge in [-0.3, -0.25) is 4.55 Å². The van der Waals surface area contributed by atoms with E-state index in [1.165, 1.54) is 18.2 Å². The van der Waals surface area contributed by atoms with E-state index in [0.29, 0.717) is 4.31 Å². The summed E-state index contributed by atoms with van der Waals surface area (Å²) < 4.78 is 48.8. The molecule has 2 rings (SSSR count). The lowest BCUT2D eigenvalue weighted by Crippen LogP contribution is -2.21. The van der Waals surface area contributed by atoms with Gasteiger partial charge in [0.15, 0.2) is 11.6 Å². The average Bonchev–Trinajstić information content (AvgIpc) is 2.35. The molecule has 3 nitrogen and oxygen atoms in total. The topological polar surface area (TPSA) is 40.5 Å². The first kappa shape index (κ1) is 13.6. The fraction of sp³-hybridized carbons (Fsp3) is 0.0769. The summed E-state index contributed by atoms with van der Waals surface area (Å²) >= 11 is -2.58. The van der Waals surface area contributed by atoms with Gasteiger partial charge in [0.25, 0.3) is 11.3 Å². The number of hydrogen-bond donors (Lipinski definition) is 1. The van der Waals surface area contributed by atoms with Gasteiger partial charge in [0.05, 0.1) is 5.69 Å². The summed E-state index contributed by atoms with van der Waals surface area (Å²) in [5.74, 6) is -1.80. The largest absolute Gasteiger partial charge is 0.289 e. The van der Waals surface area contributed by atoms with Crippen molar-refractivity contribution in [3.8, 4) is 0 Å². The molecule has 0 aliphatic rings. The van der Waals surface area contributed by atoms with Crippen LogP contribution in [0.25, 0.3) is 0 Å². The maximum Gasteiger partial charge on any atom is 0.266 e. The van der Waals surface area contributed by atoms with Crippen LogP contribution in [0.15, 0.2) is 42.5 Å². The Morgan fingerprint density at radius 2 is 1.58 bits per heavy atom. The Balaban J connectivity index is 2.58. The predicted molar refractivity (Wildman–Crippen MR) is 70.4 cm³/mol. The molecule has 1 atom stereocenters. The van der Waals surface area contributed by atoms with Gasteiger partial charge in [-0.15, -0.1) is 0 Å². The Hall–Kier alpha value is -1.79. The Morgan fingerprint density at radius 1 is 1.05 bits per heavy atom. The molecule has 0 saturated carbocycles. The number of nitrogens with zero attached hydrogens (tertiary/aromatic N) is 1. The number of rotatable bonds is 3. The van der Waals surface area contributed by atoms with Gasteiger partial charge in [-0.1, -0.05) is 23.8 Å². The van der Waals surface area contributed by atoms with Crippen molar-refractivity contribution in [2.75, 3.05) is 4.31 Å². The minimum absolute atomic E-state index is 0.232. The molecule has 0 spiro atoms. The fourth-order valence-electron chi connectivity index (χ4n) is 1.66. The van der Waals surface area contributed by atoms with E-state index in [0.717, 1.165) is 17.7 Å². The Kier molecular flexibility index (Phi) is 3.92. The van der Waals surface area contributed by atoms with Crippen LogP contribution < -0.4 is 4.31 Å². The van der Waals surface area contributed by atoms with Gasteiger partial charge >= 0.3 is 0 Å². The number of halogens is 2. The quantitative estimate of drug-likeness (QED) is 0.875. The first-order valence-electron chi connectivity index (χ1n) is 5.42. The van der Waals surface area contributed by atoms with Crippen LogP contribution in [-0.4, -0.2) is 8.76 Å². The zero-order valence-electron chi connectivity index (χ0n) is 10.0. The highest BCUT2D eigenvalue weighted by molar-refractivity contribution is 7.81. The molecule has 0 fully saturated rings. The van der Waals surface area contributed by atoms with E-state index in [9.17, 15) is 17.5 Å². The summed E-state index contributed by atoms with van der Waals surface area (Å²) in [4.78, 5) is 0. The minimum atomic E-state index is -2.58. The number of anilines is 2. The average molecular weight is 283 g/mol. The monoisotopic (exact) mass is 283 g/mol. The first-order valence-corrected chi connectivity index (χ1v) is 6.49.